The minimum Gasteiger partial charge on any atom is -0.312 e. The number of hydrogen-bond donors (Lipinski definition) is 1. The van der Waals surface area contributed by atoms with Crippen molar-refractivity contribution in [3.63, 3.8) is 0 Å². The van der Waals surface area contributed by atoms with Crippen LogP contribution in [0.3, 0.4) is 0 Å². The fourth-order valence-corrected chi connectivity index (χ4v) is 4.25. The Labute approximate surface area is 117 Å². The first-order chi connectivity index (χ1) is 9.34. The molecule has 0 radical (unpaired) electrons. The molecule has 1 fully saturated rings. The van der Waals surface area contributed by atoms with Crippen LogP contribution in [-0.2, 0) is 10.0 Å². The molecule has 1 N–H and O–H groups in total. The van der Waals surface area contributed by atoms with Gasteiger partial charge in [-0.1, -0.05) is 12.1 Å². The zero-order chi connectivity index (χ0) is 14.9. The maximum atomic E-state index is 12.7. The van der Waals surface area contributed by atoms with Gasteiger partial charge < -0.3 is 5.32 Å². The molecular weight excluding hydrogens is 282 g/mol. The topological polar surface area (TPSA) is 92.5 Å². The lowest BCUT2D eigenvalue weighted by Gasteiger charge is -2.31. The van der Waals surface area contributed by atoms with Crippen molar-refractivity contribution in [3.05, 3.63) is 33.9 Å². The zero-order valence-corrected chi connectivity index (χ0v) is 12.2. The van der Waals surface area contributed by atoms with E-state index in [1.54, 1.807) is 13.0 Å². The molecule has 20 heavy (non-hydrogen) atoms. The number of nitro benzene ring substituents is 1. The van der Waals surface area contributed by atoms with Gasteiger partial charge in [-0.05, 0) is 19.4 Å². The second kappa shape index (κ2) is 5.47. The number of sulfonamides is 1. The normalized spacial score (nSPS) is 20.8. The molecule has 0 aliphatic carbocycles. The maximum absolute atomic E-state index is 12.7. The first kappa shape index (κ1) is 14.9. The van der Waals surface area contributed by atoms with Crippen LogP contribution in [0, 0.1) is 17.0 Å². The van der Waals surface area contributed by atoms with E-state index in [2.05, 4.69) is 5.32 Å². The molecule has 1 atom stereocenters. The van der Waals surface area contributed by atoms with Gasteiger partial charge in [0.25, 0.3) is 5.69 Å². The quantitative estimate of drug-likeness (QED) is 0.661. The molecule has 1 aliphatic rings. The average Bonchev–Trinajstić information content (AvgIpc) is 2.38. The van der Waals surface area contributed by atoms with Crippen LogP contribution < -0.4 is 5.32 Å². The summed E-state index contributed by atoms with van der Waals surface area (Å²) in [5, 5.41) is 14.2. The number of piperazine rings is 1. The van der Waals surface area contributed by atoms with E-state index < -0.39 is 14.9 Å². The van der Waals surface area contributed by atoms with E-state index in [-0.39, 0.29) is 16.6 Å². The summed E-state index contributed by atoms with van der Waals surface area (Å²) in [7, 11) is -3.85. The van der Waals surface area contributed by atoms with Gasteiger partial charge >= 0.3 is 0 Å². The highest BCUT2D eigenvalue weighted by molar-refractivity contribution is 7.89. The fraction of sp³-hybridized carbons (Fsp3) is 0.500. The third-order valence-electron chi connectivity index (χ3n) is 3.32. The molecular formula is C12H17N3O4S. The van der Waals surface area contributed by atoms with Gasteiger partial charge in [-0.3, -0.25) is 10.1 Å². The molecule has 0 spiro atoms. The molecule has 0 aromatic heterocycles. The third kappa shape index (κ3) is 2.67. The molecule has 7 nitrogen and oxygen atoms in total. The van der Waals surface area contributed by atoms with Crippen LogP contribution in [0.5, 0.6) is 0 Å². The minimum absolute atomic E-state index is 0.0293. The number of nitrogens with one attached hydrogen (secondary N) is 1. The Bertz CT molecular complexity index is 630. The van der Waals surface area contributed by atoms with Crippen molar-refractivity contribution in [2.45, 2.75) is 24.8 Å². The summed E-state index contributed by atoms with van der Waals surface area (Å²) in [6, 6.07) is 4.32. The Hall–Kier alpha value is -1.51. The third-order valence-corrected chi connectivity index (χ3v) is 5.38. The summed E-state index contributed by atoms with van der Waals surface area (Å²) < 4.78 is 26.7. The summed E-state index contributed by atoms with van der Waals surface area (Å²) in [5.74, 6) is 0. The number of hydrogen-bond acceptors (Lipinski definition) is 5. The number of nitrogens with zero attached hydrogens (tertiary/aromatic N) is 2. The molecule has 0 bridgehead atoms. The zero-order valence-electron chi connectivity index (χ0n) is 11.4. The van der Waals surface area contributed by atoms with Crippen LogP contribution in [0.2, 0.25) is 0 Å². The Morgan fingerprint density at radius 3 is 2.75 bits per heavy atom. The highest BCUT2D eigenvalue weighted by atomic mass is 32.2. The van der Waals surface area contributed by atoms with Crippen LogP contribution >= 0.6 is 0 Å². The average molecular weight is 299 g/mol. The first-order valence-electron chi connectivity index (χ1n) is 6.31. The summed E-state index contributed by atoms with van der Waals surface area (Å²) in [6.45, 7) is 4.63. The predicted molar refractivity (Wildman–Crippen MR) is 74.1 cm³/mol. The van der Waals surface area contributed by atoms with Crippen LogP contribution in [0.1, 0.15) is 12.5 Å². The van der Waals surface area contributed by atoms with Gasteiger partial charge in [-0.25, -0.2) is 8.42 Å². The van der Waals surface area contributed by atoms with E-state index >= 15 is 0 Å². The number of benzene rings is 1. The summed E-state index contributed by atoms with van der Waals surface area (Å²) in [5.41, 5.74) is 0.0292. The molecule has 0 unspecified atom stereocenters. The molecule has 110 valence electrons. The van der Waals surface area contributed by atoms with Crippen LogP contribution in [0.25, 0.3) is 0 Å². The first-order valence-corrected chi connectivity index (χ1v) is 7.75. The van der Waals surface area contributed by atoms with Crippen molar-refractivity contribution in [1.29, 1.82) is 0 Å². The Morgan fingerprint density at radius 1 is 1.45 bits per heavy atom. The van der Waals surface area contributed by atoms with Gasteiger partial charge in [-0.15, -0.1) is 0 Å². The van der Waals surface area contributed by atoms with Crippen molar-refractivity contribution < 1.29 is 13.3 Å². The molecule has 1 heterocycles. The van der Waals surface area contributed by atoms with Gasteiger partial charge in [0.05, 0.1) is 4.92 Å². The number of aryl methyl sites for hydroxylation is 1. The van der Waals surface area contributed by atoms with E-state index in [1.807, 2.05) is 6.92 Å². The Kier molecular flexibility index (Phi) is 4.07. The Balaban J connectivity index is 2.52. The lowest BCUT2D eigenvalue weighted by molar-refractivity contribution is -0.387. The highest BCUT2D eigenvalue weighted by Crippen LogP contribution is 2.30. The standard InChI is InChI=1S/C12H17N3O4S/c1-9-4-3-5-11(15(16)17)12(9)20(18,19)14-7-6-13-10(2)8-14/h3-5,10,13H,6-8H2,1-2H3/t10-/m1/s1. The van der Waals surface area contributed by atoms with Crippen molar-refractivity contribution >= 4 is 15.7 Å². The Morgan fingerprint density at radius 2 is 2.15 bits per heavy atom. The predicted octanol–water partition coefficient (Wildman–Crippen LogP) is 0.886. The van der Waals surface area contributed by atoms with Crippen molar-refractivity contribution in [1.82, 2.24) is 9.62 Å². The van der Waals surface area contributed by atoms with Gasteiger partial charge in [0.2, 0.25) is 10.0 Å². The van der Waals surface area contributed by atoms with E-state index in [0.717, 1.165) is 0 Å². The van der Waals surface area contributed by atoms with Crippen molar-refractivity contribution in [2.75, 3.05) is 19.6 Å². The monoisotopic (exact) mass is 299 g/mol. The fourth-order valence-electron chi connectivity index (χ4n) is 2.36. The van der Waals surface area contributed by atoms with Crippen LogP contribution in [-0.4, -0.2) is 43.3 Å². The molecule has 2 rings (SSSR count). The lowest BCUT2D eigenvalue weighted by atomic mass is 10.2. The number of nitro groups is 1. The smallest absolute Gasteiger partial charge is 0.289 e. The molecule has 0 saturated carbocycles. The summed E-state index contributed by atoms with van der Waals surface area (Å²) >= 11 is 0. The van der Waals surface area contributed by atoms with Gasteiger partial charge in [0.15, 0.2) is 4.90 Å². The van der Waals surface area contributed by atoms with Gasteiger partial charge in [-0.2, -0.15) is 4.31 Å². The maximum Gasteiger partial charge on any atom is 0.289 e. The largest absolute Gasteiger partial charge is 0.312 e. The lowest BCUT2D eigenvalue weighted by Crippen LogP contribution is -2.51. The summed E-state index contributed by atoms with van der Waals surface area (Å²) in [4.78, 5) is 10.2. The van der Waals surface area contributed by atoms with Crippen LogP contribution in [0.4, 0.5) is 5.69 Å². The van der Waals surface area contributed by atoms with E-state index in [9.17, 15) is 18.5 Å². The molecule has 1 aliphatic heterocycles. The molecule has 1 saturated heterocycles. The second-order valence-corrected chi connectivity index (χ2v) is 6.77. The number of rotatable bonds is 3. The van der Waals surface area contributed by atoms with Gasteiger partial charge in [0, 0.05) is 31.7 Å². The van der Waals surface area contributed by atoms with Crippen LogP contribution in [0.15, 0.2) is 23.1 Å². The molecule has 0 amide bonds. The summed E-state index contributed by atoms with van der Waals surface area (Å²) in [6.07, 6.45) is 0. The molecule has 1 aromatic rings. The minimum atomic E-state index is -3.85. The van der Waals surface area contributed by atoms with E-state index in [4.69, 9.17) is 0 Å². The molecule has 1 aromatic carbocycles. The van der Waals surface area contributed by atoms with Gasteiger partial charge in [0.1, 0.15) is 0 Å². The SMILES string of the molecule is Cc1cccc([N+](=O)[O-])c1S(=O)(=O)N1CCN[C@H](C)C1. The molecule has 8 heteroatoms. The van der Waals surface area contributed by atoms with E-state index in [0.29, 0.717) is 25.2 Å². The van der Waals surface area contributed by atoms with Crippen molar-refractivity contribution in [3.8, 4) is 0 Å². The van der Waals surface area contributed by atoms with Crippen molar-refractivity contribution in [2.24, 2.45) is 0 Å². The van der Waals surface area contributed by atoms with E-state index in [1.165, 1.54) is 16.4 Å². The second-order valence-electron chi connectivity index (χ2n) is 4.90. The highest BCUT2D eigenvalue weighted by Gasteiger charge is 2.35.